The number of hydrogen-bond donors (Lipinski definition) is 2. The van der Waals surface area contributed by atoms with Crippen LogP contribution in [0.5, 0.6) is 0 Å². The van der Waals surface area contributed by atoms with Crippen molar-refractivity contribution in [2.45, 2.75) is 19.9 Å². The first kappa shape index (κ1) is 11.2. The lowest BCUT2D eigenvalue weighted by molar-refractivity contribution is -0.117. The molecular weight excluding hydrogens is 258 g/mol. The molecule has 0 aliphatic carbocycles. The summed E-state index contributed by atoms with van der Waals surface area (Å²) in [6, 6.07) is -0.223. The topological polar surface area (TPSA) is 84.7 Å². The number of allylic oxidation sites excluding steroid dienone is 1. The average Bonchev–Trinajstić information content (AvgIpc) is 3.03. The molecule has 0 aromatic rings. The van der Waals surface area contributed by atoms with Crippen molar-refractivity contribution in [2.24, 2.45) is 15.2 Å². The number of fused-ring (bicyclic) bond motifs is 4. The van der Waals surface area contributed by atoms with Gasteiger partial charge in [-0.25, -0.2) is 4.99 Å². The first-order valence-electron chi connectivity index (χ1n) is 6.45. The number of guanidine groups is 1. The zero-order chi connectivity index (χ0) is 13.9. The Kier molecular flexibility index (Phi) is 2.07. The van der Waals surface area contributed by atoms with Gasteiger partial charge in [0, 0.05) is 6.54 Å². The highest BCUT2D eigenvalue weighted by Gasteiger charge is 2.42. The second-order valence-electron chi connectivity index (χ2n) is 4.80. The van der Waals surface area contributed by atoms with Crippen molar-refractivity contribution in [3.63, 3.8) is 0 Å². The molecule has 0 radical (unpaired) electrons. The summed E-state index contributed by atoms with van der Waals surface area (Å²) >= 11 is 0. The SMILES string of the molecule is CCN1C=NN2C1=NC(C)=C1C(=O)NC3C=NNC3=C12. The summed E-state index contributed by atoms with van der Waals surface area (Å²) in [4.78, 5) is 18.7. The lowest BCUT2D eigenvalue weighted by Crippen LogP contribution is -2.49. The molecule has 0 aromatic heterocycles. The summed E-state index contributed by atoms with van der Waals surface area (Å²) in [5.74, 6) is 0.577. The van der Waals surface area contributed by atoms with Crippen LogP contribution in [0.1, 0.15) is 13.8 Å². The number of hydrazone groups is 2. The van der Waals surface area contributed by atoms with E-state index >= 15 is 0 Å². The number of nitrogens with one attached hydrogen (secondary N) is 2. The van der Waals surface area contributed by atoms with E-state index in [9.17, 15) is 4.79 Å². The Labute approximate surface area is 115 Å². The molecule has 8 nitrogen and oxygen atoms in total. The van der Waals surface area contributed by atoms with E-state index in [0.717, 1.165) is 23.9 Å². The standard InChI is InChI=1S/C12H13N7O/c1-3-18-5-14-19-10-8(6(2)15-12(18)19)11(20)16-7-4-13-17-9(7)10/h4-5,7,17H,3H2,1-2H3,(H,16,20). The maximum Gasteiger partial charge on any atom is 0.256 e. The van der Waals surface area contributed by atoms with Crippen LogP contribution in [0.2, 0.25) is 0 Å². The van der Waals surface area contributed by atoms with E-state index in [1.54, 1.807) is 17.6 Å². The molecule has 102 valence electrons. The molecule has 4 aliphatic heterocycles. The van der Waals surface area contributed by atoms with E-state index in [0.29, 0.717) is 11.3 Å². The molecule has 1 amide bonds. The highest BCUT2D eigenvalue weighted by atomic mass is 16.2. The van der Waals surface area contributed by atoms with E-state index in [1.165, 1.54) is 0 Å². The Morgan fingerprint density at radius 3 is 3.10 bits per heavy atom. The molecule has 0 aromatic carbocycles. The normalized spacial score (nSPS) is 26.4. The second kappa shape index (κ2) is 3.69. The van der Waals surface area contributed by atoms with Crippen molar-refractivity contribution < 1.29 is 4.79 Å². The van der Waals surface area contributed by atoms with Gasteiger partial charge in [-0.1, -0.05) is 0 Å². The first-order chi connectivity index (χ1) is 9.70. The Hall–Kier alpha value is -2.64. The van der Waals surface area contributed by atoms with Crippen LogP contribution in [0, 0.1) is 0 Å². The fourth-order valence-electron chi connectivity index (χ4n) is 2.68. The van der Waals surface area contributed by atoms with Gasteiger partial charge in [0.15, 0.2) is 0 Å². The molecule has 1 unspecified atom stereocenters. The van der Waals surface area contributed by atoms with Gasteiger partial charge in [0.05, 0.1) is 23.2 Å². The maximum absolute atomic E-state index is 12.3. The highest BCUT2D eigenvalue weighted by molar-refractivity contribution is 6.07. The number of amides is 1. The van der Waals surface area contributed by atoms with Gasteiger partial charge in [0.1, 0.15) is 18.1 Å². The molecule has 0 saturated carbocycles. The third-order valence-electron chi connectivity index (χ3n) is 3.66. The summed E-state index contributed by atoms with van der Waals surface area (Å²) in [6.07, 6.45) is 3.40. The molecule has 4 aliphatic rings. The molecule has 1 atom stereocenters. The number of aliphatic imine (C=N–C) groups is 1. The predicted molar refractivity (Wildman–Crippen MR) is 73.4 cm³/mol. The summed E-state index contributed by atoms with van der Waals surface area (Å²) in [5.41, 5.74) is 5.77. The fraction of sp³-hybridized carbons (Fsp3) is 0.333. The van der Waals surface area contributed by atoms with E-state index in [4.69, 9.17) is 0 Å². The number of carbonyl (C=O) groups is 1. The molecule has 4 rings (SSSR count). The summed E-state index contributed by atoms with van der Waals surface area (Å²) in [5, 5.41) is 13.0. The Morgan fingerprint density at radius 1 is 1.45 bits per heavy atom. The van der Waals surface area contributed by atoms with Crippen LogP contribution in [0.3, 0.4) is 0 Å². The number of rotatable bonds is 1. The maximum atomic E-state index is 12.3. The summed E-state index contributed by atoms with van der Waals surface area (Å²) in [6.45, 7) is 4.63. The van der Waals surface area contributed by atoms with E-state index in [1.807, 2.05) is 18.7 Å². The quantitative estimate of drug-likeness (QED) is 0.674. The number of hydrogen-bond acceptors (Lipinski definition) is 7. The summed E-state index contributed by atoms with van der Waals surface area (Å²) in [7, 11) is 0. The van der Waals surface area contributed by atoms with Crippen LogP contribution in [-0.2, 0) is 4.79 Å². The van der Waals surface area contributed by atoms with Crippen LogP contribution < -0.4 is 10.7 Å². The molecule has 2 N–H and O–H groups in total. The summed E-state index contributed by atoms with van der Waals surface area (Å²) < 4.78 is 0. The van der Waals surface area contributed by atoms with Gasteiger partial charge in [0.2, 0.25) is 5.96 Å². The monoisotopic (exact) mass is 271 g/mol. The third-order valence-corrected chi connectivity index (χ3v) is 3.66. The average molecular weight is 271 g/mol. The zero-order valence-corrected chi connectivity index (χ0v) is 11.1. The lowest BCUT2D eigenvalue weighted by Gasteiger charge is -2.33. The fourth-order valence-corrected chi connectivity index (χ4v) is 2.68. The molecule has 0 bridgehead atoms. The Bertz CT molecular complexity index is 669. The van der Waals surface area contributed by atoms with Gasteiger partial charge in [0.25, 0.3) is 5.91 Å². The van der Waals surface area contributed by atoms with Crippen LogP contribution in [-0.4, -0.2) is 46.9 Å². The van der Waals surface area contributed by atoms with E-state index in [2.05, 4.69) is 25.9 Å². The van der Waals surface area contributed by atoms with Crippen LogP contribution >= 0.6 is 0 Å². The van der Waals surface area contributed by atoms with Gasteiger partial charge < -0.3 is 5.32 Å². The van der Waals surface area contributed by atoms with E-state index in [-0.39, 0.29) is 11.9 Å². The minimum absolute atomic E-state index is 0.144. The van der Waals surface area contributed by atoms with Gasteiger partial charge in [-0.15, -0.1) is 0 Å². The van der Waals surface area contributed by atoms with Gasteiger partial charge in [-0.3, -0.25) is 15.1 Å². The minimum Gasteiger partial charge on any atom is -0.338 e. The molecular formula is C12H13N7O. The van der Waals surface area contributed by atoms with Crippen molar-refractivity contribution in [1.82, 2.24) is 20.7 Å². The Balaban J connectivity index is 1.94. The smallest absolute Gasteiger partial charge is 0.256 e. The highest BCUT2D eigenvalue weighted by Crippen LogP contribution is 2.34. The van der Waals surface area contributed by atoms with Gasteiger partial charge in [-0.05, 0) is 13.8 Å². The van der Waals surface area contributed by atoms with Crippen molar-refractivity contribution in [3.8, 4) is 0 Å². The molecule has 20 heavy (non-hydrogen) atoms. The predicted octanol–water partition coefficient (Wildman–Crippen LogP) is -0.490. The van der Waals surface area contributed by atoms with E-state index < -0.39 is 0 Å². The molecule has 0 spiro atoms. The van der Waals surface area contributed by atoms with Crippen LogP contribution in [0.25, 0.3) is 0 Å². The van der Waals surface area contributed by atoms with Crippen LogP contribution in [0.15, 0.2) is 37.9 Å². The molecule has 4 heterocycles. The molecule has 0 saturated heterocycles. The number of carbonyl (C=O) groups excluding carboxylic acids is 1. The second-order valence-corrected chi connectivity index (χ2v) is 4.80. The number of nitrogens with zero attached hydrogens (tertiary/aromatic N) is 5. The van der Waals surface area contributed by atoms with Crippen molar-refractivity contribution >= 4 is 24.4 Å². The van der Waals surface area contributed by atoms with Gasteiger partial charge in [-0.2, -0.15) is 15.2 Å². The van der Waals surface area contributed by atoms with Gasteiger partial charge >= 0.3 is 0 Å². The van der Waals surface area contributed by atoms with Crippen molar-refractivity contribution in [1.29, 1.82) is 0 Å². The zero-order valence-electron chi connectivity index (χ0n) is 11.1. The molecule has 8 heteroatoms. The van der Waals surface area contributed by atoms with Crippen molar-refractivity contribution in [3.05, 3.63) is 22.7 Å². The third kappa shape index (κ3) is 1.25. The van der Waals surface area contributed by atoms with Crippen LogP contribution in [0.4, 0.5) is 0 Å². The first-order valence-corrected chi connectivity index (χ1v) is 6.45. The van der Waals surface area contributed by atoms with Crippen molar-refractivity contribution in [2.75, 3.05) is 6.54 Å². The lowest BCUT2D eigenvalue weighted by atomic mass is 9.98. The minimum atomic E-state index is -0.223. The Morgan fingerprint density at radius 2 is 2.30 bits per heavy atom. The largest absolute Gasteiger partial charge is 0.338 e. The molecule has 0 fully saturated rings.